The predicted molar refractivity (Wildman–Crippen MR) is 86.3 cm³/mol. The largest absolute Gasteiger partial charge is 0.497 e. The topological polar surface area (TPSA) is 47.3 Å². The fraction of sp³-hybridized carbons (Fsp3) is 0.143. The second-order valence-electron chi connectivity index (χ2n) is 4.05. The molecule has 5 heteroatoms. The van der Waals surface area contributed by atoms with E-state index in [1.807, 2.05) is 42.5 Å². The van der Waals surface area contributed by atoms with E-state index in [0.29, 0.717) is 0 Å². The molecule has 2 aromatic rings. The van der Waals surface area contributed by atoms with Crippen LogP contribution in [0.15, 0.2) is 42.5 Å². The van der Waals surface area contributed by atoms with Gasteiger partial charge in [0.05, 0.1) is 18.2 Å². The third-order valence-corrected chi connectivity index (χ3v) is 4.47. The third kappa shape index (κ3) is 3.39. The molecule has 0 aliphatic rings. The molecular weight excluding hydrogens is 375 g/mol. The van der Waals surface area contributed by atoms with E-state index in [4.69, 9.17) is 22.2 Å². The molecule has 0 aromatic heterocycles. The highest BCUT2D eigenvalue weighted by atomic mass is 127. The van der Waals surface area contributed by atoms with Crippen LogP contribution in [0, 0.1) is 3.57 Å². The molecule has 3 nitrogen and oxygen atoms in total. The first kappa shape index (κ1) is 14.6. The minimum Gasteiger partial charge on any atom is -0.497 e. The molecular formula is C14H14ClIN2O. The van der Waals surface area contributed by atoms with Crippen LogP contribution in [0.5, 0.6) is 5.75 Å². The van der Waals surface area contributed by atoms with Gasteiger partial charge in [-0.1, -0.05) is 29.8 Å². The van der Waals surface area contributed by atoms with Gasteiger partial charge in [-0.2, -0.15) is 0 Å². The molecule has 19 heavy (non-hydrogen) atoms. The summed E-state index contributed by atoms with van der Waals surface area (Å²) >= 11 is 8.35. The first-order valence-corrected chi connectivity index (χ1v) is 7.16. The van der Waals surface area contributed by atoms with Gasteiger partial charge in [0.25, 0.3) is 0 Å². The van der Waals surface area contributed by atoms with E-state index in [1.165, 1.54) is 0 Å². The fourth-order valence-electron chi connectivity index (χ4n) is 1.87. The second-order valence-corrected chi connectivity index (χ2v) is 5.62. The van der Waals surface area contributed by atoms with Gasteiger partial charge in [-0.05, 0) is 58.0 Å². The Bertz CT molecular complexity index is 560. The quantitative estimate of drug-likeness (QED) is 0.479. The summed E-state index contributed by atoms with van der Waals surface area (Å²) in [5, 5.41) is 0.729. The van der Waals surface area contributed by atoms with Gasteiger partial charge < -0.3 is 4.74 Å². The number of hydrogen-bond donors (Lipinski definition) is 2. The van der Waals surface area contributed by atoms with Crippen LogP contribution in [0.25, 0.3) is 0 Å². The van der Waals surface area contributed by atoms with Gasteiger partial charge in [-0.15, -0.1) is 0 Å². The number of methoxy groups -OCH3 is 1. The molecule has 0 heterocycles. The standard InChI is InChI=1S/C14H14ClIN2O/c1-19-11-5-2-9(3-6-11)14(18-17)10-4-7-13(16)12(15)8-10/h2-8,14,18H,17H2,1H3. The summed E-state index contributed by atoms with van der Waals surface area (Å²) < 4.78 is 6.17. The zero-order valence-electron chi connectivity index (χ0n) is 10.4. The number of ether oxygens (including phenoxy) is 1. The smallest absolute Gasteiger partial charge is 0.118 e. The lowest BCUT2D eigenvalue weighted by atomic mass is 9.99. The molecule has 1 atom stereocenters. The zero-order valence-corrected chi connectivity index (χ0v) is 13.3. The molecule has 0 bridgehead atoms. The SMILES string of the molecule is COc1ccc(C(NN)c2ccc(I)c(Cl)c2)cc1. The Kier molecular flexibility index (Phi) is 5.04. The fourth-order valence-corrected chi connectivity index (χ4v) is 2.40. The molecule has 0 saturated carbocycles. The van der Waals surface area contributed by atoms with Crippen molar-refractivity contribution in [3.8, 4) is 5.75 Å². The summed E-state index contributed by atoms with van der Waals surface area (Å²) in [4.78, 5) is 0. The highest BCUT2D eigenvalue weighted by molar-refractivity contribution is 14.1. The van der Waals surface area contributed by atoms with Crippen molar-refractivity contribution in [2.45, 2.75) is 6.04 Å². The van der Waals surface area contributed by atoms with Crippen LogP contribution >= 0.6 is 34.2 Å². The van der Waals surface area contributed by atoms with Crippen LogP contribution in [0.1, 0.15) is 17.2 Å². The Morgan fingerprint density at radius 1 is 1.16 bits per heavy atom. The van der Waals surface area contributed by atoms with E-state index in [9.17, 15) is 0 Å². The molecule has 3 N–H and O–H groups in total. The summed E-state index contributed by atoms with van der Waals surface area (Å²) in [6, 6.07) is 13.6. The average Bonchev–Trinajstić information content (AvgIpc) is 2.44. The normalized spacial score (nSPS) is 12.2. The highest BCUT2D eigenvalue weighted by Gasteiger charge is 2.13. The van der Waals surface area contributed by atoms with E-state index in [0.717, 1.165) is 25.5 Å². The van der Waals surface area contributed by atoms with Crippen LogP contribution in [-0.2, 0) is 0 Å². The molecule has 0 amide bonds. The van der Waals surface area contributed by atoms with Crippen molar-refractivity contribution in [2.75, 3.05) is 7.11 Å². The summed E-state index contributed by atoms with van der Waals surface area (Å²) in [5.74, 6) is 6.49. The maximum atomic E-state index is 6.15. The van der Waals surface area contributed by atoms with E-state index in [2.05, 4.69) is 28.0 Å². The van der Waals surface area contributed by atoms with Gasteiger partial charge in [0, 0.05) is 3.57 Å². The van der Waals surface area contributed by atoms with Crippen LogP contribution < -0.4 is 16.0 Å². The molecule has 0 aliphatic heterocycles. The molecule has 0 radical (unpaired) electrons. The molecule has 2 rings (SSSR count). The lowest BCUT2D eigenvalue weighted by molar-refractivity contribution is 0.414. The summed E-state index contributed by atoms with van der Waals surface area (Å²) in [5.41, 5.74) is 4.90. The number of hydrazine groups is 1. The number of nitrogens with one attached hydrogen (secondary N) is 1. The van der Waals surface area contributed by atoms with Crippen molar-refractivity contribution in [1.29, 1.82) is 0 Å². The van der Waals surface area contributed by atoms with Gasteiger partial charge in [-0.25, -0.2) is 5.43 Å². The summed E-state index contributed by atoms with van der Waals surface area (Å²) in [6.45, 7) is 0. The number of hydrogen-bond acceptors (Lipinski definition) is 3. The Morgan fingerprint density at radius 2 is 1.79 bits per heavy atom. The van der Waals surface area contributed by atoms with Crippen molar-refractivity contribution < 1.29 is 4.74 Å². The van der Waals surface area contributed by atoms with Gasteiger partial charge in [0.15, 0.2) is 0 Å². The van der Waals surface area contributed by atoms with E-state index in [1.54, 1.807) is 7.11 Å². The zero-order chi connectivity index (χ0) is 13.8. The lowest BCUT2D eigenvalue weighted by Crippen LogP contribution is -2.28. The minimum atomic E-state index is -0.0968. The van der Waals surface area contributed by atoms with Gasteiger partial charge in [-0.3, -0.25) is 5.84 Å². The molecule has 0 saturated heterocycles. The summed E-state index contributed by atoms with van der Waals surface area (Å²) in [6.07, 6.45) is 0. The molecule has 100 valence electrons. The Balaban J connectivity index is 2.34. The van der Waals surface area contributed by atoms with Gasteiger partial charge in [0.2, 0.25) is 0 Å². The van der Waals surface area contributed by atoms with Crippen LogP contribution in [0.2, 0.25) is 5.02 Å². The van der Waals surface area contributed by atoms with Gasteiger partial charge >= 0.3 is 0 Å². The maximum Gasteiger partial charge on any atom is 0.118 e. The predicted octanol–water partition coefficient (Wildman–Crippen LogP) is 3.51. The molecule has 2 aromatic carbocycles. The average molecular weight is 389 g/mol. The maximum absolute atomic E-state index is 6.15. The monoisotopic (exact) mass is 388 g/mol. The Labute approximate surface area is 131 Å². The van der Waals surface area contributed by atoms with Crippen LogP contribution in [0.3, 0.4) is 0 Å². The van der Waals surface area contributed by atoms with Crippen LogP contribution in [0.4, 0.5) is 0 Å². The van der Waals surface area contributed by atoms with Crippen LogP contribution in [-0.4, -0.2) is 7.11 Å². The molecule has 1 unspecified atom stereocenters. The minimum absolute atomic E-state index is 0.0968. The number of benzene rings is 2. The molecule has 0 spiro atoms. The van der Waals surface area contributed by atoms with E-state index < -0.39 is 0 Å². The van der Waals surface area contributed by atoms with Gasteiger partial charge in [0.1, 0.15) is 5.75 Å². The van der Waals surface area contributed by atoms with E-state index in [-0.39, 0.29) is 6.04 Å². The first-order valence-electron chi connectivity index (χ1n) is 5.70. The Morgan fingerprint density at radius 3 is 2.32 bits per heavy atom. The van der Waals surface area contributed by atoms with Crippen molar-refractivity contribution in [3.63, 3.8) is 0 Å². The van der Waals surface area contributed by atoms with Crippen molar-refractivity contribution in [2.24, 2.45) is 5.84 Å². The summed E-state index contributed by atoms with van der Waals surface area (Å²) in [7, 11) is 1.65. The number of nitrogens with two attached hydrogens (primary N) is 1. The van der Waals surface area contributed by atoms with Crippen molar-refractivity contribution >= 4 is 34.2 Å². The lowest BCUT2D eigenvalue weighted by Gasteiger charge is -2.17. The molecule has 0 aliphatic carbocycles. The highest BCUT2D eigenvalue weighted by Crippen LogP contribution is 2.27. The first-order chi connectivity index (χ1) is 9.15. The van der Waals surface area contributed by atoms with Crippen molar-refractivity contribution in [3.05, 3.63) is 62.2 Å². The second kappa shape index (κ2) is 6.56. The number of halogens is 2. The number of rotatable bonds is 4. The van der Waals surface area contributed by atoms with Crippen molar-refractivity contribution in [1.82, 2.24) is 5.43 Å². The molecule has 0 fully saturated rings. The Hall–Kier alpha value is -0.820. The van der Waals surface area contributed by atoms with E-state index >= 15 is 0 Å². The third-order valence-electron chi connectivity index (χ3n) is 2.89.